The summed E-state index contributed by atoms with van der Waals surface area (Å²) in [4.78, 5) is 64.5. The Kier molecular flexibility index (Phi) is 9.88. The van der Waals surface area contributed by atoms with Gasteiger partial charge in [0.2, 0.25) is 5.95 Å². The zero-order valence-corrected chi connectivity index (χ0v) is 25.7. The molecule has 0 unspecified atom stereocenters. The number of rotatable bonds is 11. The SMILES string of the molecule is CCN(CC)c1ncc(N(CC)C(=O)C(F)(F)F)c(N[C@@H](Cc2ccc(N3C(=O)N(C)C4(CCCCC4)C3=O)cc2)C(=O)O)n1. The van der Waals surface area contributed by atoms with Crippen LogP contribution in [0.4, 0.5) is 41.1 Å². The van der Waals surface area contributed by atoms with Crippen LogP contribution in [0.15, 0.2) is 30.5 Å². The monoisotopic (exact) mass is 633 g/mol. The molecule has 2 aliphatic rings. The van der Waals surface area contributed by atoms with Crippen molar-refractivity contribution in [3.8, 4) is 0 Å². The van der Waals surface area contributed by atoms with Crippen LogP contribution in [-0.2, 0) is 20.8 Å². The third-order valence-corrected chi connectivity index (χ3v) is 8.54. The quantitative estimate of drug-likeness (QED) is 0.344. The molecule has 4 amide bonds. The zero-order chi connectivity index (χ0) is 33.1. The Hall–Kier alpha value is -4.43. The maximum atomic E-state index is 13.5. The van der Waals surface area contributed by atoms with Crippen LogP contribution in [0.3, 0.4) is 0 Å². The number of urea groups is 1. The van der Waals surface area contributed by atoms with Crippen LogP contribution >= 0.6 is 0 Å². The topological polar surface area (TPSA) is 139 Å². The van der Waals surface area contributed by atoms with E-state index in [0.717, 1.165) is 30.4 Å². The summed E-state index contributed by atoms with van der Waals surface area (Å²) < 4.78 is 40.2. The molecule has 1 atom stereocenters. The van der Waals surface area contributed by atoms with Gasteiger partial charge in [-0.2, -0.15) is 18.2 Å². The van der Waals surface area contributed by atoms with E-state index in [0.29, 0.717) is 42.1 Å². The number of alkyl halides is 3. The lowest BCUT2D eigenvalue weighted by atomic mass is 9.80. The fourth-order valence-corrected chi connectivity index (χ4v) is 5.97. The van der Waals surface area contributed by atoms with Crippen LogP contribution in [-0.4, -0.2) is 88.2 Å². The molecule has 2 aromatic rings. The molecule has 1 aromatic carbocycles. The molecule has 1 saturated heterocycles. The van der Waals surface area contributed by atoms with Gasteiger partial charge in [-0.3, -0.25) is 9.59 Å². The molecule has 45 heavy (non-hydrogen) atoms. The normalized spacial score (nSPS) is 17.0. The Morgan fingerprint density at radius 3 is 2.20 bits per heavy atom. The summed E-state index contributed by atoms with van der Waals surface area (Å²) in [5, 5.41) is 12.8. The van der Waals surface area contributed by atoms with E-state index in [9.17, 15) is 37.5 Å². The van der Waals surface area contributed by atoms with Crippen LogP contribution < -0.4 is 20.0 Å². The third-order valence-electron chi connectivity index (χ3n) is 8.54. The second-order valence-electron chi connectivity index (χ2n) is 11.1. The molecule has 0 radical (unpaired) electrons. The van der Waals surface area contributed by atoms with E-state index in [4.69, 9.17) is 0 Å². The average molecular weight is 634 g/mol. The van der Waals surface area contributed by atoms with Gasteiger partial charge in [0.15, 0.2) is 5.82 Å². The molecule has 2 N–H and O–H groups in total. The molecule has 0 bridgehead atoms. The summed E-state index contributed by atoms with van der Waals surface area (Å²) in [5.74, 6) is -3.83. The van der Waals surface area contributed by atoms with Crippen molar-refractivity contribution in [1.29, 1.82) is 0 Å². The number of carboxylic acids is 1. The molecule has 1 aromatic heterocycles. The van der Waals surface area contributed by atoms with E-state index < -0.39 is 35.7 Å². The summed E-state index contributed by atoms with van der Waals surface area (Å²) in [5.41, 5.74) is -0.305. The Morgan fingerprint density at radius 1 is 1.04 bits per heavy atom. The lowest BCUT2D eigenvalue weighted by Gasteiger charge is -2.35. The average Bonchev–Trinajstić information content (AvgIpc) is 3.18. The number of anilines is 4. The minimum atomic E-state index is -5.18. The summed E-state index contributed by atoms with van der Waals surface area (Å²) in [7, 11) is 1.64. The van der Waals surface area contributed by atoms with Gasteiger partial charge in [-0.25, -0.2) is 19.5 Å². The number of imide groups is 1. The van der Waals surface area contributed by atoms with Crippen LogP contribution in [0.25, 0.3) is 0 Å². The van der Waals surface area contributed by atoms with E-state index >= 15 is 0 Å². The Balaban J connectivity index is 1.62. The number of nitrogens with one attached hydrogen (secondary N) is 1. The predicted octanol–water partition coefficient (Wildman–Crippen LogP) is 4.45. The van der Waals surface area contributed by atoms with Gasteiger partial charge in [0, 0.05) is 33.1 Å². The molecule has 2 fully saturated rings. The number of hydrogen-bond acceptors (Lipinski definition) is 8. The molecule has 1 aliphatic heterocycles. The first-order valence-corrected chi connectivity index (χ1v) is 15.0. The van der Waals surface area contributed by atoms with Gasteiger partial charge in [0.1, 0.15) is 17.3 Å². The van der Waals surface area contributed by atoms with Gasteiger partial charge in [0.05, 0.1) is 11.9 Å². The van der Waals surface area contributed by atoms with E-state index in [2.05, 4.69) is 15.3 Å². The standard InChI is InChI=1S/C30H38F3N7O5/c1-5-38(6-2)27-34-18-22(39(7-3)26(44)30(31,32)33)23(36-27)35-21(24(41)42)17-19-11-13-20(14-12-19)40-25(43)29(37(4)28(40)45)15-9-8-10-16-29/h11-14,18,21H,5-10,15-17H2,1-4H3,(H,41,42)(H,34,35,36)/t21-/m0/s1. The summed E-state index contributed by atoms with van der Waals surface area (Å²) in [6, 6.07) is 4.51. The first-order valence-electron chi connectivity index (χ1n) is 15.0. The van der Waals surface area contributed by atoms with E-state index in [1.165, 1.54) is 11.8 Å². The van der Waals surface area contributed by atoms with Gasteiger partial charge in [-0.05, 0) is 51.3 Å². The second-order valence-corrected chi connectivity index (χ2v) is 11.1. The fourth-order valence-electron chi connectivity index (χ4n) is 5.97. The molecular formula is C30H38F3N7O5. The smallest absolute Gasteiger partial charge is 0.471 e. The first kappa shape index (κ1) is 33.5. The molecule has 1 spiro atoms. The van der Waals surface area contributed by atoms with Gasteiger partial charge in [-0.15, -0.1) is 0 Å². The highest BCUT2D eigenvalue weighted by Gasteiger charge is 2.56. The molecule has 12 nitrogen and oxygen atoms in total. The number of hydrogen-bond donors (Lipinski definition) is 2. The number of amides is 4. The van der Waals surface area contributed by atoms with E-state index in [-0.39, 0.29) is 36.3 Å². The van der Waals surface area contributed by atoms with Gasteiger partial charge < -0.3 is 25.1 Å². The van der Waals surface area contributed by atoms with Crippen molar-refractivity contribution >= 4 is 47.0 Å². The maximum absolute atomic E-state index is 13.5. The number of benzene rings is 1. The van der Waals surface area contributed by atoms with Gasteiger partial charge in [-0.1, -0.05) is 31.4 Å². The van der Waals surface area contributed by atoms with Gasteiger partial charge in [0.25, 0.3) is 5.91 Å². The van der Waals surface area contributed by atoms with Crippen molar-refractivity contribution in [1.82, 2.24) is 14.9 Å². The summed E-state index contributed by atoms with van der Waals surface area (Å²) in [6.07, 6.45) is -0.335. The van der Waals surface area contributed by atoms with Crippen molar-refractivity contribution in [2.75, 3.05) is 46.7 Å². The van der Waals surface area contributed by atoms with Crippen molar-refractivity contribution in [2.24, 2.45) is 0 Å². The summed E-state index contributed by atoms with van der Waals surface area (Å²) in [6.45, 7) is 5.60. The third kappa shape index (κ3) is 6.52. The van der Waals surface area contributed by atoms with Crippen LogP contribution in [0, 0.1) is 0 Å². The molecule has 4 rings (SSSR count). The van der Waals surface area contributed by atoms with Crippen LogP contribution in [0.5, 0.6) is 0 Å². The van der Waals surface area contributed by atoms with E-state index in [1.807, 2.05) is 13.8 Å². The van der Waals surface area contributed by atoms with Crippen molar-refractivity contribution < 1.29 is 37.5 Å². The molecule has 2 heterocycles. The Bertz CT molecular complexity index is 1430. The minimum absolute atomic E-state index is 0.134. The predicted molar refractivity (Wildman–Crippen MR) is 161 cm³/mol. The number of carbonyl (C=O) groups is 4. The van der Waals surface area contributed by atoms with Crippen molar-refractivity contribution in [3.63, 3.8) is 0 Å². The van der Waals surface area contributed by atoms with Crippen LogP contribution in [0.2, 0.25) is 0 Å². The second kappa shape index (κ2) is 13.3. The maximum Gasteiger partial charge on any atom is 0.471 e. The Labute approximate surface area is 259 Å². The Morgan fingerprint density at radius 2 is 1.67 bits per heavy atom. The summed E-state index contributed by atoms with van der Waals surface area (Å²) >= 11 is 0. The molecule has 1 saturated carbocycles. The number of aliphatic carboxylic acids is 1. The molecular weight excluding hydrogens is 595 g/mol. The zero-order valence-electron chi connectivity index (χ0n) is 25.7. The van der Waals surface area contributed by atoms with Crippen molar-refractivity contribution in [3.05, 3.63) is 36.0 Å². The molecule has 244 valence electrons. The number of carboxylic acid groups (broad SMARTS) is 1. The molecule has 1 aliphatic carbocycles. The van der Waals surface area contributed by atoms with E-state index in [1.54, 1.807) is 36.2 Å². The van der Waals surface area contributed by atoms with Crippen LogP contribution in [0.1, 0.15) is 58.4 Å². The fraction of sp³-hybridized carbons (Fsp3) is 0.533. The lowest BCUT2D eigenvalue weighted by Crippen LogP contribution is -2.49. The largest absolute Gasteiger partial charge is 0.480 e. The molecule has 15 heteroatoms. The van der Waals surface area contributed by atoms with Crippen molar-refractivity contribution in [2.45, 2.75) is 77.1 Å². The number of carbonyl (C=O) groups excluding carboxylic acids is 3. The number of likely N-dealkylation sites (N-methyl/N-ethyl adjacent to an activating group) is 1. The minimum Gasteiger partial charge on any atom is -0.480 e. The number of halogens is 3. The van der Waals surface area contributed by atoms with Gasteiger partial charge >= 0.3 is 24.1 Å². The highest BCUT2D eigenvalue weighted by atomic mass is 19.4. The first-order chi connectivity index (χ1) is 21.3. The highest BCUT2D eigenvalue weighted by molar-refractivity contribution is 6.23. The highest BCUT2D eigenvalue weighted by Crippen LogP contribution is 2.41. The number of aromatic nitrogens is 2. The lowest BCUT2D eigenvalue weighted by molar-refractivity contribution is -0.170. The number of nitrogens with zero attached hydrogens (tertiary/aromatic N) is 6.